The molecule has 2 saturated heterocycles. The van der Waals surface area contributed by atoms with Gasteiger partial charge in [0.25, 0.3) is 0 Å². The van der Waals surface area contributed by atoms with Gasteiger partial charge >= 0.3 is 18.2 Å². The number of amides is 2. The van der Waals surface area contributed by atoms with E-state index in [1.807, 2.05) is 30.3 Å². The number of hydrogen-bond acceptors (Lipinski definition) is 7. The molecular weight excluding hydrogens is 543 g/mol. The Labute approximate surface area is 236 Å². The van der Waals surface area contributed by atoms with Gasteiger partial charge in [-0.2, -0.15) is 13.2 Å². The lowest BCUT2D eigenvalue weighted by Gasteiger charge is -2.52. The van der Waals surface area contributed by atoms with Gasteiger partial charge in [0.15, 0.2) is 0 Å². The Hall–Kier alpha value is -3.64. The Kier molecular flexibility index (Phi) is 8.93. The first-order valence-corrected chi connectivity index (χ1v) is 13.3. The third kappa shape index (κ3) is 6.82. The Morgan fingerprint density at radius 1 is 1.10 bits per heavy atom. The molecular formula is C29H34F3N3O6. The number of likely N-dealkylation sites (tertiary alicyclic amines) is 1. The van der Waals surface area contributed by atoms with E-state index in [9.17, 15) is 27.6 Å². The van der Waals surface area contributed by atoms with Crippen LogP contribution in [0.4, 0.5) is 18.0 Å². The first-order valence-electron chi connectivity index (χ1n) is 13.3. The lowest BCUT2D eigenvalue weighted by Crippen LogP contribution is -2.65. The summed E-state index contributed by atoms with van der Waals surface area (Å²) in [7, 11) is 0. The zero-order valence-electron chi connectivity index (χ0n) is 23.0. The third-order valence-electron chi connectivity index (χ3n) is 7.80. The number of benzene rings is 2. The molecule has 9 nitrogen and oxygen atoms in total. The van der Waals surface area contributed by atoms with Crippen LogP contribution in [0.5, 0.6) is 0 Å². The van der Waals surface area contributed by atoms with E-state index in [-0.39, 0.29) is 25.6 Å². The highest BCUT2D eigenvalue weighted by molar-refractivity contribution is 5.80. The Morgan fingerprint density at radius 2 is 1.83 bits per heavy atom. The number of aryl methyl sites for hydroxylation is 1. The highest BCUT2D eigenvalue weighted by atomic mass is 19.4. The van der Waals surface area contributed by atoms with Crippen LogP contribution in [-0.4, -0.2) is 54.9 Å². The summed E-state index contributed by atoms with van der Waals surface area (Å²) in [5, 5.41) is 3.01. The smallest absolute Gasteiger partial charge is 0.416 e. The molecule has 2 aromatic carbocycles. The quantitative estimate of drug-likeness (QED) is 0.354. The molecule has 2 aromatic rings. The summed E-state index contributed by atoms with van der Waals surface area (Å²) in [5.41, 5.74) is 4.23. The molecule has 3 N–H and O–H groups in total. The van der Waals surface area contributed by atoms with Crippen molar-refractivity contribution in [1.29, 1.82) is 0 Å². The van der Waals surface area contributed by atoms with Crippen LogP contribution in [-0.2, 0) is 35.5 Å². The summed E-state index contributed by atoms with van der Waals surface area (Å²) < 4.78 is 56.9. The molecule has 0 radical (unpaired) electrons. The zero-order valence-corrected chi connectivity index (χ0v) is 23.0. The maximum Gasteiger partial charge on any atom is 0.416 e. The van der Waals surface area contributed by atoms with Crippen LogP contribution >= 0.6 is 0 Å². The number of rotatable bonds is 8. The molecule has 222 valence electrons. The molecule has 3 atom stereocenters. The maximum absolute atomic E-state index is 13.6. The van der Waals surface area contributed by atoms with Crippen LogP contribution in [0.15, 0.2) is 48.5 Å². The van der Waals surface area contributed by atoms with Gasteiger partial charge in [0.05, 0.1) is 35.9 Å². The van der Waals surface area contributed by atoms with E-state index < -0.39 is 47.8 Å². The van der Waals surface area contributed by atoms with Gasteiger partial charge in [-0.1, -0.05) is 42.0 Å². The van der Waals surface area contributed by atoms with E-state index in [4.69, 9.17) is 19.9 Å². The number of hydrogen-bond donors (Lipinski definition) is 2. The number of alkyl halides is 3. The highest BCUT2D eigenvalue weighted by Gasteiger charge is 2.54. The number of carbonyl (C=O) groups excluding carboxylic acids is 3. The van der Waals surface area contributed by atoms with Crippen LogP contribution < -0.4 is 11.1 Å². The Balaban J connectivity index is 1.66. The average Bonchev–Trinajstić information content (AvgIpc) is 3.31. The van der Waals surface area contributed by atoms with Crippen molar-refractivity contribution < 1.29 is 41.8 Å². The topological polar surface area (TPSA) is 120 Å². The normalized spacial score (nSPS) is 23.3. The van der Waals surface area contributed by atoms with E-state index >= 15 is 0 Å². The third-order valence-corrected chi connectivity index (χ3v) is 7.80. The van der Waals surface area contributed by atoms with Crippen LogP contribution in [0.25, 0.3) is 0 Å². The fourth-order valence-electron chi connectivity index (χ4n) is 5.57. The minimum atomic E-state index is -4.51. The monoisotopic (exact) mass is 577 g/mol. The van der Waals surface area contributed by atoms with E-state index in [2.05, 4.69) is 5.32 Å². The molecule has 41 heavy (non-hydrogen) atoms. The first kappa shape index (κ1) is 30.3. The van der Waals surface area contributed by atoms with Gasteiger partial charge in [-0.3, -0.25) is 14.5 Å². The van der Waals surface area contributed by atoms with Crippen molar-refractivity contribution in [3.05, 3.63) is 70.8 Å². The Bertz CT molecular complexity index is 1270. The molecule has 2 aliphatic rings. The van der Waals surface area contributed by atoms with Gasteiger partial charge in [-0.25, -0.2) is 4.79 Å². The summed E-state index contributed by atoms with van der Waals surface area (Å²) in [6, 6.07) is 12.9. The lowest BCUT2D eigenvalue weighted by molar-refractivity contribution is -0.152. The highest BCUT2D eigenvalue weighted by Crippen LogP contribution is 2.45. The first-order chi connectivity index (χ1) is 19.4. The minimum Gasteiger partial charge on any atom is -0.427 e. The number of nitrogens with two attached hydrogens (primary N) is 1. The molecule has 2 fully saturated rings. The number of carbonyl (C=O) groups is 3. The van der Waals surface area contributed by atoms with Gasteiger partial charge in [0, 0.05) is 13.0 Å². The van der Waals surface area contributed by atoms with Gasteiger partial charge in [0.2, 0.25) is 12.7 Å². The number of esters is 1. The zero-order chi connectivity index (χ0) is 29.8. The lowest BCUT2D eigenvalue weighted by atomic mass is 9.74. The van der Waals surface area contributed by atoms with Gasteiger partial charge < -0.3 is 25.3 Å². The fraction of sp³-hybridized carbons (Fsp3) is 0.483. The van der Waals surface area contributed by atoms with Crippen molar-refractivity contribution in [2.45, 2.75) is 62.9 Å². The molecule has 1 spiro atoms. The predicted molar refractivity (Wildman–Crippen MR) is 141 cm³/mol. The van der Waals surface area contributed by atoms with Crippen molar-refractivity contribution in [3.8, 4) is 0 Å². The molecule has 0 saturated carbocycles. The fourth-order valence-corrected chi connectivity index (χ4v) is 5.57. The van der Waals surface area contributed by atoms with Gasteiger partial charge in [0.1, 0.15) is 0 Å². The SMILES string of the molecule is Cc1cc([C@@H](C)OC[C@@]2(c3ccccc3)CC[C@]3(CCC(=O)N3)CN2C(=O)OCOC(=O)CN)cc(C(F)(F)F)c1. The molecule has 0 aromatic heterocycles. The standard InChI is InChI=1S/C29H34F3N3O6/c1-19-12-21(14-23(13-19)29(30,31)32)20(2)39-17-28(22-6-4-3-5-7-22)11-10-27(9-8-24(36)34-27)16-35(28)26(38)41-18-40-25(37)15-33/h3-7,12-14,20H,8-11,15-18,33H2,1-2H3,(H,34,36)/t20-,27-,28-/m1/s1. The van der Waals surface area contributed by atoms with Crippen LogP contribution in [0.1, 0.15) is 61.0 Å². The molecule has 2 amide bonds. The number of halogens is 3. The van der Waals surface area contributed by atoms with Gasteiger partial charge in [-0.05, 0) is 56.4 Å². The minimum absolute atomic E-state index is 0.0742. The second kappa shape index (κ2) is 12.1. The number of ether oxygens (including phenoxy) is 3. The number of nitrogens with one attached hydrogen (secondary N) is 1. The number of piperidine rings is 1. The summed E-state index contributed by atoms with van der Waals surface area (Å²) in [5.74, 6) is -0.869. The van der Waals surface area contributed by atoms with Crippen LogP contribution in [0.2, 0.25) is 0 Å². The van der Waals surface area contributed by atoms with Crippen molar-refractivity contribution in [2.24, 2.45) is 5.73 Å². The molecule has 2 heterocycles. The van der Waals surface area contributed by atoms with E-state index in [0.717, 1.165) is 17.7 Å². The van der Waals surface area contributed by atoms with Crippen LogP contribution in [0.3, 0.4) is 0 Å². The van der Waals surface area contributed by atoms with Crippen molar-refractivity contribution in [1.82, 2.24) is 10.2 Å². The van der Waals surface area contributed by atoms with Crippen molar-refractivity contribution in [3.63, 3.8) is 0 Å². The second-order valence-electron chi connectivity index (χ2n) is 10.6. The largest absolute Gasteiger partial charge is 0.427 e. The number of nitrogens with zero attached hydrogens (tertiary/aromatic N) is 1. The Morgan fingerprint density at radius 3 is 2.46 bits per heavy atom. The summed E-state index contributed by atoms with van der Waals surface area (Å²) in [6.45, 7) is 2.22. The molecule has 0 unspecified atom stereocenters. The molecule has 2 aliphatic heterocycles. The molecule has 12 heteroatoms. The molecule has 4 rings (SSSR count). The van der Waals surface area contributed by atoms with Crippen molar-refractivity contribution >= 4 is 18.0 Å². The molecule has 0 aliphatic carbocycles. The van der Waals surface area contributed by atoms with E-state index in [1.54, 1.807) is 19.9 Å². The summed E-state index contributed by atoms with van der Waals surface area (Å²) >= 11 is 0. The molecule has 0 bridgehead atoms. The summed E-state index contributed by atoms with van der Waals surface area (Å²) in [6.07, 6.45) is -4.33. The van der Waals surface area contributed by atoms with E-state index in [1.165, 1.54) is 4.90 Å². The van der Waals surface area contributed by atoms with E-state index in [0.29, 0.717) is 36.8 Å². The van der Waals surface area contributed by atoms with Crippen molar-refractivity contribution in [2.75, 3.05) is 26.5 Å². The van der Waals surface area contributed by atoms with Crippen LogP contribution in [0, 0.1) is 6.92 Å². The summed E-state index contributed by atoms with van der Waals surface area (Å²) in [4.78, 5) is 38.7. The average molecular weight is 578 g/mol. The second-order valence-corrected chi connectivity index (χ2v) is 10.6. The predicted octanol–water partition coefficient (Wildman–Crippen LogP) is 4.33. The maximum atomic E-state index is 13.6. The van der Waals surface area contributed by atoms with Gasteiger partial charge in [-0.15, -0.1) is 0 Å².